The molecule has 24 heavy (non-hydrogen) atoms. The third kappa shape index (κ3) is 4.35. The number of carbonyl (C=O) groups is 2. The molecule has 5 nitrogen and oxygen atoms in total. The summed E-state index contributed by atoms with van der Waals surface area (Å²) < 4.78 is 0. The van der Waals surface area contributed by atoms with E-state index in [4.69, 9.17) is 0 Å². The monoisotopic (exact) mass is 329 g/mol. The first-order valence-electron chi connectivity index (χ1n) is 9.07. The van der Waals surface area contributed by atoms with Crippen LogP contribution in [0.5, 0.6) is 0 Å². The van der Waals surface area contributed by atoms with E-state index in [1.54, 1.807) is 4.90 Å². The van der Waals surface area contributed by atoms with Gasteiger partial charge in [0.15, 0.2) is 0 Å². The van der Waals surface area contributed by atoms with Crippen molar-refractivity contribution in [1.82, 2.24) is 15.1 Å². The maximum absolute atomic E-state index is 12.2. The molecule has 0 aromatic heterocycles. The number of likely N-dealkylation sites (tertiary alicyclic amines) is 2. The van der Waals surface area contributed by atoms with Crippen LogP contribution in [0.3, 0.4) is 0 Å². The number of benzene rings is 1. The molecule has 1 aromatic rings. The molecule has 0 aliphatic carbocycles. The minimum absolute atomic E-state index is 0.0526. The first-order valence-corrected chi connectivity index (χ1v) is 9.07. The fourth-order valence-corrected chi connectivity index (χ4v) is 3.67. The van der Waals surface area contributed by atoms with Gasteiger partial charge in [-0.1, -0.05) is 36.8 Å². The fraction of sp³-hybridized carbons (Fsp3) is 0.579. The van der Waals surface area contributed by atoms with Gasteiger partial charge < -0.3 is 10.2 Å². The number of hydrogen-bond donors (Lipinski definition) is 1. The molecule has 2 fully saturated rings. The summed E-state index contributed by atoms with van der Waals surface area (Å²) in [5.41, 5.74) is 1.25. The third-order valence-electron chi connectivity index (χ3n) is 5.01. The van der Waals surface area contributed by atoms with Crippen LogP contribution in [0.1, 0.15) is 43.7 Å². The van der Waals surface area contributed by atoms with E-state index in [1.807, 2.05) is 6.07 Å². The van der Waals surface area contributed by atoms with E-state index in [0.29, 0.717) is 19.5 Å². The summed E-state index contributed by atoms with van der Waals surface area (Å²) in [6, 6.07) is 10.6. The van der Waals surface area contributed by atoms with Gasteiger partial charge in [0.2, 0.25) is 11.8 Å². The minimum atomic E-state index is -0.0526. The van der Waals surface area contributed by atoms with Crippen LogP contribution in [0.4, 0.5) is 0 Å². The molecule has 1 atom stereocenters. The minimum Gasteiger partial charge on any atom is -0.353 e. The highest BCUT2D eigenvalue weighted by Gasteiger charge is 2.25. The predicted octanol–water partition coefficient (Wildman–Crippen LogP) is 1.95. The van der Waals surface area contributed by atoms with Gasteiger partial charge in [0, 0.05) is 19.5 Å². The first-order chi connectivity index (χ1) is 11.7. The molecule has 2 saturated heterocycles. The predicted molar refractivity (Wildman–Crippen MR) is 93.4 cm³/mol. The van der Waals surface area contributed by atoms with Gasteiger partial charge in [-0.3, -0.25) is 14.5 Å². The number of carbonyl (C=O) groups excluding carboxylic acids is 2. The van der Waals surface area contributed by atoms with Crippen LogP contribution in [0.2, 0.25) is 0 Å². The van der Waals surface area contributed by atoms with Gasteiger partial charge in [0.1, 0.15) is 0 Å². The van der Waals surface area contributed by atoms with Crippen molar-refractivity contribution in [2.24, 2.45) is 0 Å². The van der Waals surface area contributed by atoms with Gasteiger partial charge in [-0.2, -0.15) is 0 Å². The number of hydrogen-bond acceptors (Lipinski definition) is 3. The zero-order valence-corrected chi connectivity index (χ0v) is 14.2. The standard InChI is InChI=1S/C19H27N3O2/c23-18(15-22-13-7-10-19(22)24)20-14-17(16-8-3-1-4-9-16)21-11-5-2-6-12-21/h1,3-4,8-9,17H,2,5-7,10-15H2,(H,20,23). The summed E-state index contributed by atoms with van der Waals surface area (Å²) in [6.45, 7) is 3.67. The molecule has 3 rings (SSSR count). The van der Waals surface area contributed by atoms with Gasteiger partial charge in [0.25, 0.3) is 0 Å². The summed E-state index contributed by atoms with van der Waals surface area (Å²) in [5.74, 6) is 0.0454. The third-order valence-corrected chi connectivity index (χ3v) is 5.01. The number of amides is 2. The zero-order chi connectivity index (χ0) is 16.8. The second-order valence-electron chi connectivity index (χ2n) is 6.75. The summed E-state index contributed by atoms with van der Waals surface area (Å²) in [4.78, 5) is 28.0. The lowest BCUT2D eigenvalue weighted by atomic mass is 10.0. The Bertz CT molecular complexity index is 555. The molecule has 1 aromatic carbocycles. The van der Waals surface area contributed by atoms with Crippen LogP contribution in [-0.2, 0) is 9.59 Å². The second-order valence-corrected chi connectivity index (χ2v) is 6.75. The zero-order valence-electron chi connectivity index (χ0n) is 14.2. The number of nitrogens with one attached hydrogen (secondary N) is 1. The van der Waals surface area contributed by atoms with Crippen LogP contribution in [0, 0.1) is 0 Å². The molecule has 130 valence electrons. The summed E-state index contributed by atoms with van der Waals surface area (Å²) in [7, 11) is 0. The summed E-state index contributed by atoms with van der Waals surface area (Å²) in [5, 5.41) is 3.05. The van der Waals surface area contributed by atoms with Crippen molar-refractivity contribution in [3.8, 4) is 0 Å². The quantitative estimate of drug-likeness (QED) is 0.868. The Kier molecular flexibility index (Phi) is 5.86. The van der Waals surface area contributed by atoms with Crippen molar-refractivity contribution in [2.45, 2.75) is 38.1 Å². The van der Waals surface area contributed by atoms with E-state index in [2.05, 4.69) is 34.5 Å². The average Bonchev–Trinajstić information content (AvgIpc) is 3.02. The van der Waals surface area contributed by atoms with Crippen molar-refractivity contribution in [3.05, 3.63) is 35.9 Å². The van der Waals surface area contributed by atoms with Crippen molar-refractivity contribution >= 4 is 11.8 Å². The lowest BCUT2D eigenvalue weighted by Crippen LogP contribution is -2.43. The van der Waals surface area contributed by atoms with E-state index in [9.17, 15) is 9.59 Å². The van der Waals surface area contributed by atoms with Gasteiger partial charge in [-0.25, -0.2) is 0 Å². The molecular weight excluding hydrogens is 302 g/mol. The highest BCUT2D eigenvalue weighted by atomic mass is 16.2. The fourth-order valence-electron chi connectivity index (χ4n) is 3.67. The van der Waals surface area contributed by atoms with E-state index in [-0.39, 0.29) is 24.4 Å². The molecule has 0 radical (unpaired) electrons. The van der Waals surface area contributed by atoms with Crippen molar-refractivity contribution < 1.29 is 9.59 Å². The maximum atomic E-state index is 12.2. The topological polar surface area (TPSA) is 52.7 Å². The molecule has 0 saturated carbocycles. The molecule has 2 amide bonds. The number of rotatable bonds is 6. The lowest BCUT2D eigenvalue weighted by molar-refractivity contribution is -0.133. The Morgan fingerprint density at radius 2 is 1.79 bits per heavy atom. The Labute approximate surface area is 144 Å². The highest BCUT2D eigenvalue weighted by molar-refractivity contribution is 5.85. The highest BCUT2D eigenvalue weighted by Crippen LogP contribution is 2.24. The normalized spacial score (nSPS) is 20.2. The van der Waals surface area contributed by atoms with Crippen LogP contribution in [0.25, 0.3) is 0 Å². The SMILES string of the molecule is O=C(CN1CCCC1=O)NCC(c1ccccc1)N1CCCCC1. The van der Waals surface area contributed by atoms with Gasteiger partial charge in [-0.05, 0) is 37.9 Å². The molecule has 0 bridgehead atoms. The average molecular weight is 329 g/mol. The summed E-state index contributed by atoms with van der Waals surface area (Å²) >= 11 is 0. The van der Waals surface area contributed by atoms with Gasteiger partial charge >= 0.3 is 0 Å². The maximum Gasteiger partial charge on any atom is 0.239 e. The van der Waals surface area contributed by atoms with Gasteiger partial charge in [0.05, 0.1) is 12.6 Å². The van der Waals surface area contributed by atoms with E-state index in [0.717, 1.165) is 19.5 Å². The van der Waals surface area contributed by atoms with E-state index < -0.39 is 0 Å². The molecule has 2 aliphatic rings. The Balaban J connectivity index is 1.59. The van der Waals surface area contributed by atoms with Crippen molar-refractivity contribution in [2.75, 3.05) is 32.7 Å². The lowest BCUT2D eigenvalue weighted by Gasteiger charge is -2.35. The molecule has 0 spiro atoms. The summed E-state index contributed by atoms with van der Waals surface area (Å²) in [6.07, 6.45) is 5.18. The molecule has 2 heterocycles. The molecule has 1 N–H and O–H groups in total. The largest absolute Gasteiger partial charge is 0.353 e. The van der Waals surface area contributed by atoms with E-state index in [1.165, 1.54) is 24.8 Å². The van der Waals surface area contributed by atoms with E-state index >= 15 is 0 Å². The van der Waals surface area contributed by atoms with Crippen LogP contribution >= 0.6 is 0 Å². The first kappa shape index (κ1) is 17.0. The van der Waals surface area contributed by atoms with Gasteiger partial charge in [-0.15, -0.1) is 0 Å². The van der Waals surface area contributed by atoms with Crippen molar-refractivity contribution in [1.29, 1.82) is 0 Å². The molecular formula is C19H27N3O2. The Morgan fingerprint density at radius 1 is 1.04 bits per heavy atom. The second kappa shape index (κ2) is 8.29. The van der Waals surface area contributed by atoms with Crippen LogP contribution < -0.4 is 5.32 Å². The molecule has 2 aliphatic heterocycles. The number of piperidine rings is 1. The van der Waals surface area contributed by atoms with Crippen LogP contribution in [-0.4, -0.2) is 54.3 Å². The Hall–Kier alpha value is -1.88. The Morgan fingerprint density at radius 3 is 2.46 bits per heavy atom. The number of nitrogens with zero attached hydrogens (tertiary/aromatic N) is 2. The molecule has 5 heteroatoms. The van der Waals surface area contributed by atoms with Crippen LogP contribution in [0.15, 0.2) is 30.3 Å². The molecule has 1 unspecified atom stereocenters. The van der Waals surface area contributed by atoms with Crippen molar-refractivity contribution in [3.63, 3.8) is 0 Å². The smallest absolute Gasteiger partial charge is 0.239 e.